The molecule has 1 fully saturated rings. The number of benzene rings is 2. The van der Waals surface area contributed by atoms with Gasteiger partial charge in [0.1, 0.15) is 32.0 Å². The van der Waals surface area contributed by atoms with Crippen molar-refractivity contribution < 1.29 is 23.8 Å². The number of thioether (sulfide) groups is 1. The number of nitrogens with one attached hydrogen (secondary N) is 3. The van der Waals surface area contributed by atoms with Crippen LogP contribution in [0.1, 0.15) is 22.3 Å². The van der Waals surface area contributed by atoms with E-state index in [1.54, 1.807) is 28.0 Å². The summed E-state index contributed by atoms with van der Waals surface area (Å²) >= 11 is 7.61. The predicted octanol–water partition coefficient (Wildman–Crippen LogP) is 0.651. The molecule has 0 radical (unpaired) electrons. The minimum atomic E-state index is -0.451. The van der Waals surface area contributed by atoms with E-state index >= 15 is 0 Å². The van der Waals surface area contributed by atoms with Gasteiger partial charge in [0.2, 0.25) is 5.91 Å². The van der Waals surface area contributed by atoms with E-state index < -0.39 is 5.82 Å². The molecule has 6 nitrogen and oxygen atoms in total. The summed E-state index contributed by atoms with van der Waals surface area (Å²) in [6, 6.07) is 9.84. The van der Waals surface area contributed by atoms with Crippen molar-refractivity contribution in [1.82, 2.24) is 5.32 Å². The summed E-state index contributed by atoms with van der Waals surface area (Å²) in [5.74, 6) is -0.488. The highest BCUT2D eigenvalue weighted by Gasteiger charge is 2.27. The summed E-state index contributed by atoms with van der Waals surface area (Å²) in [5, 5.41) is 3.28. The molecule has 2 heterocycles. The molecule has 33 heavy (non-hydrogen) atoms. The monoisotopic (exact) mass is 492 g/mol. The van der Waals surface area contributed by atoms with Crippen molar-refractivity contribution in [3.8, 4) is 0 Å². The number of rotatable bonds is 7. The fourth-order valence-electron chi connectivity index (χ4n) is 4.28. The number of nitrogens with zero attached hydrogens (tertiary/aromatic N) is 1. The van der Waals surface area contributed by atoms with E-state index in [4.69, 9.17) is 11.6 Å². The van der Waals surface area contributed by atoms with Gasteiger partial charge in [-0.3, -0.25) is 9.59 Å². The lowest BCUT2D eigenvalue weighted by Crippen LogP contribution is -3.27. The highest BCUT2D eigenvalue weighted by Crippen LogP contribution is 2.37. The van der Waals surface area contributed by atoms with Gasteiger partial charge in [0.05, 0.1) is 31.6 Å². The first-order valence-electron chi connectivity index (χ1n) is 11.4. The van der Waals surface area contributed by atoms with Crippen LogP contribution in [-0.4, -0.2) is 63.9 Å². The number of hydrogen-bond acceptors (Lipinski definition) is 3. The second-order valence-corrected chi connectivity index (χ2v) is 10.1. The highest BCUT2D eigenvalue weighted by molar-refractivity contribution is 8.00. The average molecular weight is 493 g/mol. The summed E-state index contributed by atoms with van der Waals surface area (Å²) in [6.45, 7) is 6.45. The van der Waals surface area contributed by atoms with Crippen LogP contribution in [0.3, 0.4) is 0 Å². The number of hydrogen-bond donors (Lipinski definition) is 3. The van der Waals surface area contributed by atoms with E-state index in [2.05, 4.69) is 12.4 Å². The van der Waals surface area contributed by atoms with Gasteiger partial charge in [0.15, 0.2) is 0 Å². The van der Waals surface area contributed by atoms with E-state index in [9.17, 15) is 14.0 Å². The zero-order valence-electron chi connectivity index (χ0n) is 18.8. The van der Waals surface area contributed by atoms with Crippen molar-refractivity contribution in [2.75, 3.05) is 57.0 Å². The SMILES string of the molecule is C[NH+]1CC[NH+](CCCNC(=O)c2ccc3c(c2)N(Cc2c(F)cccc2Cl)C(=O)CS3)CC1. The van der Waals surface area contributed by atoms with Crippen LogP contribution in [-0.2, 0) is 11.3 Å². The molecule has 0 aliphatic carbocycles. The Kier molecular flexibility index (Phi) is 7.90. The smallest absolute Gasteiger partial charge is 0.251 e. The summed E-state index contributed by atoms with van der Waals surface area (Å²) in [4.78, 5) is 31.0. The summed E-state index contributed by atoms with van der Waals surface area (Å²) in [5.41, 5.74) is 1.38. The molecule has 1 saturated heterocycles. The maximum Gasteiger partial charge on any atom is 0.251 e. The molecule has 4 rings (SSSR count). The fourth-order valence-corrected chi connectivity index (χ4v) is 5.42. The van der Waals surface area contributed by atoms with Gasteiger partial charge < -0.3 is 20.0 Å². The van der Waals surface area contributed by atoms with Gasteiger partial charge in [-0.15, -0.1) is 11.8 Å². The molecule has 2 amide bonds. The Bertz CT molecular complexity index is 1010. The molecule has 176 valence electrons. The number of piperazine rings is 1. The zero-order valence-corrected chi connectivity index (χ0v) is 20.3. The molecule has 2 aromatic rings. The topological polar surface area (TPSA) is 58.3 Å². The van der Waals surface area contributed by atoms with E-state index in [0.717, 1.165) is 17.9 Å². The molecule has 2 aliphatic heterocycles. The quantitative estimate of drug-likeness (QED) is 0.497. The first-order valence-corrected chi connectivity index (χ1v) is 12.7. The molecule has 0 atom stereocenters. The first kappa shape index (κ1) is 24.0. The Morgan fingerprint density at radius 3 is 2.76 bits per heavy atom. The number of likely N-dealkylation sites (N-methyl/N-ethyl adjacent to an activating group) is 1. The van der Waals surface area contributed by atoms with Crippen molar-refractivity contribution in [3.05, 3.63) is 58.4 Å². The van der Waals surface area contributed by atoms with E-state index in [0.29, 0.717) is 17.8 Å². The molecule has 2 aliphatic rings. The normalized spacial score (nSPS) is 20.5. The largest absolute Gasteiger partial charge is 0.352 e. The predicted molar refractivity (Wildman–Crippen MR) is 129 cm³/mol. The van der Waals surface area contributed by atoms with Crippen molar-refractivity contribution in [2.45, 2.75) is 17.9 Å². The first-order chi connectivity index (χ1) is 15.9. The summed E-state index contributed by atoms with van der Waals surface area (Å²) < 4.78 is 14.3. The second-order valence-electron chi connectivity index (χ2n) is 8.72. The van der Waals surface area contributed by atoms with Crippen molar-refractivity contribution in [2.24, 2.45) is 0 Å². The lowest BCUT2D eigenvalue weighted by molar-refractivity contribution is -1.00. The lowest BCUT2D eigenvalue weighted by Gasteiger charge is -2.30. The number of anilines is 1. The molecule has 2 aromatic carbocycles. The van der Waals surface area contributed by atoms with Crippen molar-refractivity contribution >= 4 is 40.9 Å². The highest BCUT2D eigenvalue weighted by atomic mass is 35.5. The third kappa shape index (κ3) is 5.87. The number of carbonyl (C=O) groups is 2. The Morgan fingerprint density at radius 1 is 1.21 bits per heavy atom. The third-order valence-corrected chi connectivity index (χ3v) is 7.75. The number of amides is 2. The van der Waals surface area contributed by atoms with Gasteiger partial charge in [-0.05, 0) is 30.3 Å². The average Bonchev–Trinajstić information content (AvgIpc) is 2.81. The molecule has 0 aromatic heterocycles. The standard InChI is InChI=1S/C24H28ClFN4O2S/c1-28-10-12-29(13-11-28)9-3-8-27-24(32)17-6-7-22-21(14-17)30(23(31)16-33-22)15-18-19(25)4-2-5-20(18)26/h2,4-7,14H,3,8-13,15-16H2,1H3,(H,27,32)/p+2. The van der Waals surface area contributed by atoms with Crippen molar-refractivity contribution in [1.29, 1.82) is 0 Å². The Morgan fingerprint density at radius 2 is 2.00 bits per heavy atom. The van der Waals surface area contributed by atoms with Crippen molar-refractivity contribution in [3.63, 3.8) is 0 Å². The maximum absolute atomic E-state index is 14.3. The molecular weight excluding hydrogens is 463 g/mol. The van der Waals surface area contributed by atoms with Crippen LogP contribution >= 0.6 is 23.4 Å². The lowest BCUT2D eigenvalue weighted by atomic mass is 10.1. The molecule has 3 N–H and O–H groups in total. The van der Waals surface area contributed by atoms with Crippen LogP contribution in [0.25, 0.3) is 0 Å². The van der Waals surface area contributed by atoms with Crippen LogP contribution in [0, 0.1) is 5.82 Å². The van der Waals surface area contributed by atoms with Crippen LogP contribution in [0.5, 0.6) is 0 Å². The van der Waals surface area contributed by atoms with Crippen LogP contribution in [0.4, 0.5) is 10.1 Å². The summed E-state index contributed by atoms with van der Waals surface area (Å²) in [6.07, 6.45) is 0.928. The van der Waals surface area contributed by atoms with Gasteiger partial charge in [-0.25, -0.2) is 4.39 Å². The van der Waals surface area contributed by atoms with Crippen LogP contribution < -0.4 is 20.0 Å². The number of halogens is 2. The van der Waals surface area contributed by atoms with E-state index in [-0.39, 0.29) is 34.7 Å². The minimum Gasteiger partial charge on any atom is -0.352 e. The van der Waals surface area contributed by atoms with Gasteiger partial charge in [-0.2, -0.15) is 0 Å². The van der Waals surface area contributed by atoms with E-state index in [1.165, 1.54) is 55.0 Å². The zero-order chi connectivity index (χ0) is 23.4. The fraction of sp³-hybridized carbons (Fsp3) is 0.417. The van der Waals surface area contributed by atoms with Crippen LogP contribution in [0.2, 0.25) is 5.02 Å². The van der Waals surface area contributed by atoms with Gasteiger partial charge >= 0.3 is 0 Å². The number of quaternary nitrogens is 2. The molecular formula is C24H30ClFN4O2S+2. The summed E-state index contributed by atoms with van der Waals surface area (Å²) in [7, 11) is 2.23. The molecule has 0 unspecified atom stereocenters. The van der Waals surface area contributed by atoms with Gasteiger partial charge in [-0.1, -0.05) is 17.7 Å². The Balaban J connectivity index is 1.40. The molecule has 0 bridgehead atoms. The Labute approximate surface area is 203 Å². The third-order valence-electron chi connectivity index (χ3n) is 6.35. The minimum absolute atomic E-state index is 0.0263. The van der Waals surface area contributed by atoms with E-state index in [1.807, 2.05) is 6.07 Å². The number of carbonyl (C=O) groups excluding carboxylic acids is 2. The van der Waals surface area contributed by atoms with Crippen LogP contribution in [0.15, 0.2) is 41.3 Å². The molecule has 0 saturated carbocycles. The van der Waals surface area contributed by atoms with Gasteiger partial charge in [0.25, 0.3) is 5.91 Å². The molecule has 9 heteroatoms. The van der Waals surface area contributed by atoms with Gasteiger partial charge in [0, 0.05) is 34.0 Å². The second kappa shape index (κ2) is 10.9. The maximum atomic E-state index is 14.3. The molecule has 0 spiro atoms. The number of fused-ring (bicyclic) bond motifs is 1. The Hall–Kier alpha value is -2.13.